The van der Waals surface area contributed by atoms with E-state index in [0.717, 1.165) is 50.8 Å². The van der Waals surface area contributed by atoms with Gasteiger partial charge in [-0.25, -0.2) is 14.4 Å². The Morgan fingerprint density at radius 3 is 1.97 bits per heavy atom. The van der Waals surface area contributed by atoms with Gasteiger partial charge in [0, 0.05) is 63.2 Å². The highest BCUT2D eigenvalue weighted by Gasteiger charge is 2.51. The molecule has 2 aliphatic rings. The number of likely N-dealkylation sites (tertiary alicyclic amines) is 1. The molecule has 7 rings (SSSR count). The summed E-state index contributed by atoms with van der Waals surface area (Å²) in [6, 6.07) is 20.7. The van der Waals surface area contributed by atoms with E-state index in [9.17, 15) is 60.8 Å². The number of esters is 1. The van der Waals surface area contributed by atoms with Crippen molar-refractivity contribution < 1.29 is 80.6 Å². The molecule has 1 aliphatic carbocycles. The number of carbonyl (C=O) groups is 5. The van der Waals surface area contributed by atoms with Gasteiger partial charge in [-0.15, -0.1) is 22.7 Å². The monoisotopic (exact) mass is 1080 g/mol. The van der Waals surface area contributed by atoms with Gasteiger partial charge in [0.2, 0.25) is 23.0 Å². The van der Waals surface area contributed by atoms with Crippen molar-refractivity contribution in [3.63, 3.8) is 0 Å². The molecule has 5 aromatic rings. The molecule has 1 saturated carbocycles. The summed E-state index contributed by atoms with van der Waals surface area (Å²) in [6.45, 7) is 3.83. The number of halogens is 6. The number of carbonyl (C=O) groups excluding carboxylic acids is 3. The van der Waals surface area contributed by atoms with Crippen LogP contribution in [0.2, 0.25) is 0 Å². The number of hydrogen-bond acceptors (Lipinski definition) is 14. The molecule has 25 heteroatoms. The van der Waals surface area contributed by atoms with E-state index in [4.69, 9.17) is 24.5 Å². The van der Waals surface area contributed by atoms with Crippen LogP contribution in [0, 0.1) is 5.41 Å². The lowest BCUT2D eigenvalue weighted by Gasteiger charge is -2.51. The maximum Gasteiger partial charge on any atom is 0.490 e. The number of nitrogens with one attached hydrogen (secondary N) is 3. The number of carboxylic acid groups (broad SMARTS) is 2. The number of phenols is 1. The summed E-state index contributed by atoms with van der Waals surface area (Å²) in [5.74, 6) is -6.17. The summed E-state index contributed by atoms with van der Waals surface area (Å²) in [5.41, 5.74) is 0.571. The molecular formula is C49H55F6N5O12S2. The van der Waals surface area contributed by atoms with Gasteiger partial charge in [-0.1, -0.05) is 30.3 Å². The van der Waals surface area contributed by atoms with Gasteiger partial charge in [0.15, 0.2) is 0 Å². The van der Waals surface area contributed by atoms with Crippen molar-refractivity contribution >= 4 is 69.0 Å². The number of fused-ring (bicyclic) bond motifs is 1. The molecule has 1 spiro atoms. The van der Waals surface area contributed by atoms with Gasteiger partial charge in [-0.2, -0.15) is 26.3 Å². The van der Waals surface area contributed by atoms with Crippen LogP contribution in [0.1, 0.15) is 78.4 Å². The average molecular weight is 1080 g/mol. The molecule has 0 radical (unpaired) electrons. The largest absolute Gasteiger partial charge is 0.506 e. The van der Waals surface area contributed by atoms with Crippen LogP contribution in [0.25, 0.3) is 10.9 Å². The van der Waals surface area contributed by atoms with Gasteiger partial charge in [-0.3, -0.25) is 14.4 Å². The number of aromatic hydroxyl groups is 1. The second kappa shape index (κ2) is 25.7. The maximum absolute atomic E-state index is 13.3. The molecular weight excluding hydrogens is 1030 g/mol. The molecule has 1 aliphatic heterocycles. The zero-order valence-electron chi connectivity index (χ0n) is 39.7. The Labute approximate surface area is 427 Å². The number of aromatic amines is 1. The third-order valence-electron chi connectivity index (χ3n) is 12.4. The quantitative estimate of drug-likeness (QED) is 0.0247. The summed E-state index contributed by atoms with van der Waals surface area (Å²) in [4.78, 5) is 76.2. The molecule has 0 bridgehead atoms. The summed E-state index contributed by atoms with van der Waals surface area (Å²) in [7, 11) is 1.82. The second-order valence-electron chi connectivity index (χ2n) is 17.7. The number of carboxylic acids is 2. The smallest absolute Gasteiger partial charge is 0.490 e. The molecule has 1 saturated heterocycles. The fraction of sp³-hybridized carbons (Fsp3) is 0.429. The minimum atomic E-state index is -5.08. The van der Waals surface area contributed by atoms with Crippen LogP contribution in [0.3, 0.4) is 0 Å². The summed E-state index contributed by atoms with van der Waals surface area (Å²) in [5, 5.41) is 57.1. The lowest BCUT2D eigenvalue weighted by atomic mass is 9.61. The molecule has 4 heterocycles. The number of aliphatic carboxylic acids is 2. The predicted octanol–water partition coefficient (Wildman–Crippen LogP) is 7.13. The Balaban J connectivity index is 0.000000636. The minimum absolute atomic E-state index is 0.0570. The first-order valence-electron chi connectivity index (χ1n) is 23.0. The fourth-order valence-electron chi connectivity index (χ4n) is 8.32. The van der Waals surface area contributed by atoms with E-state index in [2.05, 4.69) is 20.5 Å². The van der Waals surface area contributed by atoms with Crippen LogP contribution in [0.4, 0.5) is 32.0 Å². The predicted molar refractivity (Wildman–Crippen MR) is 260 cm³/mol. The molecule has 2 amide bonds. The standard InChI is InChI=1S/C45H53N5O8S2.2C2HF3O2/c1-49(41(55)17-21-50-22-18-44(19-23-50)26-32(27-44)58-43(56)45(57,37-6-4-24-59-37)38-7-5-25-60-38)20-3-2-8-39(53)47-31-11-9-30(10-12-31)28-46-29-36(52)33-13-15-35(51)42-34(33)14-16-40(54)48-42;2*3-2(4,5)1(6)7/h4-7,9-16,24-25,32,36,46,51-52,57H,2-3,8,17-23,26-29H2,1H3,(H,47,53)(H,48,54);2*(H,6,7)/t36-;;/m0../s1. The number of pyridine rings is 1. The van der Waals surface area contributed by atoms with Crippen LogP contribution in [-0.4, -0.2) is 128 Å². The van der Waals surface area contributed by atoms with Crippen LogP contribution in [0.15, 0.2) is 88.4 Å². The normalized spacial score (nSPS) is 15.1. The van der Waals surface area contributed by atoms with E-state index >= 15 is 0 Å². The number of amides is 2. The van der Waals surface area contributed by atoms with E-state index in [0.29, 0.717) is 70.8 Å². The van der Waals surface area contributed by atoms with Crippen molar-refractivity contribution in [2.45, 2.75) is 88.1 Å². The molecule has 3 aromatic heterocycles. The summed E-state index contributed by atoms with van der Waals surface area (Å²) in [6.07, 6.45) is -5.48. The number of aliphatic hydroxyl groups excluding tert-OH is 1. The molecule has 17 nitrogen and oxygen atoms in total. The number of anilines is 1. The Morgan fingerprint density at radius 2 is 1.43 bits per heavy atom. The molecule has 2 fully saturated rings. The van der Waals surface area contributed by atoms with Gasteiger partial charge in [-0.05, 0) is 115 Å². The van der Waals surface area contributed by atoms with E-state index in [1.807, 2.05) is 54.2 Å². The Bertz CT molecular complexity index is 2660. The van der Waals surface area contributed by atoms with Crippen molar-refractivity contribution in [3.05, 3.63) is 115 Å². The third-order valence-corrected chi connectivity index (χ3v) is 14.4. The maximum atomic E-state index is 13.3. The third kappa shape index (κ3) is 16.3. The highest BCUT2D eigenvalue weighted by molar-refractivity contribution is 7.12. The molecule has 1 atom stereocenters. The molecule has 402 valence electrons. The number of aromatic nitrogens is 1. The number of hydrogen-bond donors (Lipinski definition) is 8. The zero-order valence-corrected chi connectivity index (χ0v) is 41.3. The number of aliphatic hydroxyl groups is 2. The number of alkyl halides is 6. The van der Waals surface area contributed by atoms with Gasteiger partial charge >= 0.3 is 30.3 Å². The lowest BCUT2D eigenvalue weighted by molar-refractivity contribution is -0.193. The number of benzene rings is 2. The van der Waals surface area contributed by atoms with E-state index in [1.54, 1.807) is 29.2 Å². The fourth-order valence-corrected chi connectivity index (χ4v) is 10.0. The van der Waals surface area contributed by atoms with Crippen molar-refractivity contribution in [2.75, 3.05) is 45.1 Å². The van der Waals surface area contributed by atoms with Gasteiger partial charge in [0.05, 0.1) is 21.4 Å². The van der Waals surface area contributed by atoms with Crippen molar-refractivity contribution in [1.29, 1.82) is 0 Å². The first kappa shape index (κ1) is 58.5. The number of H-pyrrole nitrogens is 1. The van der Waals surface area contributed by atoms with Crippen LogP contribution >= 0.6 is 22.7 Å². The molecule has 0 unspecified atom stereocenters. The summed E-state index contributed by atoms with van der Waals surface area (Å²) >= 11 is 2.68. The highest BCUT2D eigenvalue weighted by atomic mass is 32.1. The summed E-state index contributed by atoms with van der Waals surface area (Å²) < 4.78 is 69.4. The SMILES string of the molecule is CN(CCCCC(=O)Nc1ccc(CNC[C@H](O)c2ccc(O)c3[nH]c(=O)ccc23)cc1)C(=O)CCN1CCC2(CC1)CC(OC(=O)C(O)(c1cccs1)c1cccs1)C2.O=C(O)C(F)(F)F.O=C(O)C(F)(F)F. The van der Waals surface area contributed by atoms with Crippen LogP contribution < -0.4 is 16.2 Å². The van der Waals surface area contributed by atoms with Crippen LogP contribution in [-0.2, 0) is 40.9 Å². The van der Waals surface area contributed by atoms with Gasteiger partial charge in [0.25, 0.3) is 0 Å². The van der Waals surface area contributed by atoms with E-state index < -0.39 is 42.0 Å². The minimum Gasteiger partial charge on any atom is -0.506 e. The highest BCUT2D eigenvalue weighted by Crippen LogP contribution is 2.51. The number of unbranched alkanes of at least 4 members (excludes halogenated alkanes) is 1. The number of phenolic OH excluding ortho intramolecular Hbond substituents is 1. The molecule has 2 aromatic carbocycles. The second-order valence-corrected chi connectivity index (χ2v) is 19.6. The first-order chi connectivity index (χ1) is 34.8. The zero-order chi connectivity index (χ0) is 54.4. The Morgan fingerprint density at radius 1 is 0.851 bits per heavy atom. The van der Waals surface area contributed by atoms with Gasteiger partial charge < -0.3 is 55.7 Å². The van der Waals surface area contributed by atoms with Crippen LogP contribution in [0.5, 0.6) is 5.75 Å². The number of thiophene rings is 2. The lowest BCUT2D eigenvalue weighted by Crippen LogP contribution is -2.52. The van der Waals surface area contributed by atoms with E-state index in [1.165, 1.54) is 34.8 Å². The topological polar surface area (TPSA) is 259 Å². The van der Waals surface area contributed by atoms with E-state index in [-0.39, 0.29) is 41.2 Å². The van der Waals surface area contributed by atoms with Crippen molar-refractivity contribution in [2.24, 2.45) is 5.41 Å². The number of ether oxygens (including phenoxy) is 1. The number of piperidine rings is 1. The molecule has 8 N–H and O–H groups in total. The number of rotatable bonds is 18. The van der Waals surface area contributed by atoms with Gasteiger partial charge in [0.1, 0.15) is 11.9 Å². The van der Waals surface area contributed by atoms with Crippen molar-refractivity contribution in [3.8, 4) is 5.75 Å². The number of nitrogens with zero attached hydrogens (tertiary/aromatic N) is 2. The average Bonchev–Trinajstić information content (AvgIpc) is 4.10. The Hall–Kier alpha value is -6.38. The molecule has 74 heavy (non-hydrogen) atoms. The van der Waals surface area contributed by atoms with Crippen molar-refractivity contribution in [1.82, 2.24) is 20.1 Å². The first-order valence-corrected chi connectivity index (χ1v) is 24.8. The Kier molecular flexibility index (Phi) is 20.3.